The van der Waals surface area contributed by atoms with Gasteiger partial charge in [0.1, 0.15) is 12.1 Å². The van der Waals surface area contributed by atoms with Crippen LogP contribution in [0.4, 0.5) is 5.82 Å². The zero-order valence-corrected chi connectivity index (χ0v) is 17.7. The lowest BCUT2D eigenvalue weighted by molar-refractivity contribution is 0.120. The van der Waals surface area contributed by atoms with E-state index in [-0.39, 0.29) is 5.56 Å². The Bertz CT molecular complexity index is 1000. The molecule has 2 fully saturated rings. The molecule has 1 aliphatic carbocycles. The minimum Gasteiger partial charge on any atom is -0.354 e. The van der Waals surface area contributed by atoms with E-state index in [0.29, 0.717) is 11.4 Å². The molecule has 8 nitrogen and oxygen atoms in total. The molecule has 0 radical (unpaired) electrons. The van der Waals surface area contributed by atoms with Gasteiger partial charge in [0, 0.05) is 62.4 Å². The number of aromatic amines is 1. The first-order chi connectivity index (χ1) is 14.8. The summed E-state index contributed by atoms with van der Waals surface area (Å²) < 4.78 is 1.46. The highest BCUT2D eigenvalue weighted by atomic mass is 16.1. The number of rotatable bonds is 4. The Morgan fingerprint density at radius 2 is 1.83 bits per heavy atom. The van der Waals surface area contributed by atoms with Crippen LogP contribution in [0.3, 0.4) is 0 Å². The zero-order valence-electron chi connectivity index (χ0n) is 17.7. The van der Waals surface area contributed by atoms with Gasteiger partial charge in [-0.25, -0.2) is 14.6 Å². The van der Waals surface area contributed by atoms with Gasteiger partial charge in [0.2, 0.25) is 0 Å². The SMILES string of the molecule is CC.O=c1c(-c2cccnc2)c[nH]n1-c1cc(N2CCN(C3CCC3)CC2)ncn1. The van der Waals surface area contributed by atoms with Crippen molar-refractivity contribution in [1.29, 1.82) is 0 Å². The molecule has 8 heteroatoms. The minimum absolute atomic E-state index is 0.146. The number of nitrogens with one attached hydrogen (secondary N) is 1. The molecule has 3 aromatic rings. The number of aromatic nitrogens is 5. The minimum atomic E-state index is -0.146. The summed E-state index contributed by atoms with van der Waals surface area (Å²) in [5.74, 6) is 1.41. The van der Waals surface area contributed by atoms with E-state index in [9.17, 15) is 4.79 Å². The van der Waals surface area contributed by atoms with E-state index >= 15 is 0 Å². The zero-order chi connectivity index (χ0) is 20.9. The average molecular weight is 408 g/mol. The largest absolute Gasteiger partial charge is 0.354 e. The Balaban J connectivity index is 0.00000106. The van der Waals surface area contributed by atoms with Crippen LogP contribution in [0.5, 0.6) is 0 Å². The summed E-state index contributed by atoms with van der Waals surface area (Å²) in [6.45, 7) is 8.04. The molecule has 0 amide bonds. The maximum atomic E-state index is 12.8. The van der Waals surface area contributed by atoms with E-state index in [4.69, 9.17) is 0 Å². The molecule has 5 rings (SSSR count). The van der Waals surface area contributed by atoms with E-state index in [1.165, 1.54) is 30.3 Å². The van der Waals surface area contributed by atoms with Crippen LogP contribution in [0, 0.1) is 0 Å². The number of hydrogen-bond donors (Lipinski definition) is 1. The highest BCUT2D eigenvalue weighted by molar-refractivity contribution is 5.60. The number of H-pyrrole nitrogens is 1. The molecule has 30 heavy (non-hydrogen) atoms. The third-order valence-electron chi connectivity index (χ3n) is 5.84. The molecule has 0 atom stereocenters. The second-order valence-corrected chi connectivity index (χ2v) is 7.41. The van der Waals surface area contributed by atoms with Crippen molar-refractivity contribution in [2.24, 2.45) is 0 Å². The number of nitrogens with zero attached hydrogens (tertiary/aromatic N) is 6. The third kappa shape index (κ3) is 4.00. The lowest BCUT2D eigenvalue weighted by Gasteiger charge is -2.43. The third-order valence-corrected chi connectivity index (χ3v) is 5.84. The van der Waals surface area contributed by atoms with Crippen molar-refractivity contribution >= 4 is 5.82 Å². The van der Waals surface area contributed by atoms with Crippen molar-refractivity contribution in [2.45, 2.75) is 39.2 Å². The molecule has 0 bridgehead atoms. The van der Waals surface area contributed by atoms with Crippen molar-refractivity contribution in [3.63, 3.8) is 0 Å². The second kappa shape index (κ2) is 9.21. The molecule has 2 aliphatic rings. The molecule has 1 saturated heterocycles. The van der Waals surface area contributed by atoms with Gasteiger partial charge in [-0.15, -0.1) is 0 Å². The summed E-state index contributed by atoms with van der Waals surface area (Å²) in [5.41, 5.74) is 1.21. The normalized spacial score (nSPS) is 17.2. The molecule has 4 heterocycles. The van der Waals surface area contributed by atoms with E-state index in [2.05, 4.69) is 29.9 Å². The molecule has 158 valence electrons. The predicted octanol–water partition coefficient (Wildman–Crippen LogP) is 2.72. The van der Waals surface area contributed by atoms with Crippen LogP contribution in [0.2, 0.25) is 0 Å². The van der Waals surface area contributed by atoms with Crippen LogP contribution < -0.4 is 10.5 Å². The standard InChI is InChI=1S/C20H23N7O.C2H6/c28-20-17(15-3-2-6-21-12-15)13-24-27(20)19-11-18(22-14-23-19)26-9-7-25(8-10-26)16-4-1-5-16;1-2/h2-3,6,11-14,16,24H,1,4-5,7-10H2;1-2H3. The first kappa shape index (κ1) is 20.3. The fourth-order valence-electron chi connectivity index (χ4n) is 3.97. The van der Waals surface area contributed by atoms with E-state index < -0.39 is 0 Å². The monoisotopic (exact) mass is 407 g/mol. The Hall–Kier alpha value is -3.00. The fraction of sp³-hybridized carbons (Fsp3) is 0.455. The van der Waals surface area contributed by atoms with Gasteiger partial charge in [0.15, 0.2) is 5.82 Å². The lowest BCUT2D eigenvalue weighted by atomic mass is 9.91. The van der Waals surface area contributed by atoms with E-state index in [1.807, 2.05) is 32.0 Å². The van der Waals surface area contributed by atoms with Crippen molar-refractivity contribution in [3.05, 3.63) is 53.5 Å². The summed E-state index contributed by atoms with van der Waals surface area (Å²) in [7, 11) is 0. The molecule has 1 saturated carbocycles. The highest BCUT2D eigenvalue weighted by Crippen LogP contribution is 2.26. The van der Waals surface area contributed by atoms with Crippen LogP contribution in [-0.2, 0) is 0 Å². The van der Waals surface area contributed by atoms with Gasteiger partial charge in [0.25, 0.3) is 5.56 Å². The second-order valence-electron chi connectivity index (χ2n) is 7.41. The van der Waals surface area contributed by atoms with Crippen LogP contribution in [0.1, 0.15) is 33.1 Å². The molecule has 3 aromatic heterocycles. The molecular formula is C22H29N7O. The van der Waals surface area contributed by atoms with Gasteiger partial charge in [-0.1, -0.05) is 26.3 Å². The van der Waals surface area contributed by atoms with Gasteiger partial charge in [0.05, 0.1) is 5.56 Å². The van der Waals surface area contributed by atoms with Crippen molar-refractivity contribution in [2.75, 3.05) is 31.1 Å². The first-order valence-electron chi connectivity index (χ1n) is 10.8. The van der Waals surface area contributed by atoms with E-state index in [0.717, 1.165) is 43.6 Å². The predicted molar refractivity (Wildman–Crippen MR) is 118 cm³/mol. The van der Waals surface area contributed by atoms with Crippen LogP contribution in [-0.4, -0.2) is 61.9 Å². The van der Waals surface area contributed by atoms with Crippen LogP contribution in [0.25, 0.3) is 16.9 Å². The molecule has 0 aromatic carbocycles. The highest BCUT2D eigenvalue weighted by Gasteiger charge is 2.28. The maximum absolute atomic E-state index is 12.8. The average Bonchev–Trinajstić information content (AvgIpc) is 3.16. The number of piperazine rings is 1. The van der Waals surface area contributed by atoms with Gasteiger partial charge < -0.3 is 4.90 Å². The van der Waals surface area contributed by atoms with Crippen LogP contribution in [0.15, 0.2) is 47.9 Å². The Morgan fingerprint density at radius 3 is 2.50 bits per heavy atom. The van der Waals surface area contributed by atoms with Gasteiger partial charge in [-0.05, 0) is 18.9 Å². The van der Waals surface area contributed by atoms with Gasteiger partial charge in [-0.2, -0.15) is 0 Å². The quantitative estimate of drug-likeness (QED) is 0.716. The number of anilines is 1. The molecule has 0 spiro atoms. The number of hydrogen-bond acceptors (Lipinski definition) is 6. The van der Waals surface area contributed by atoms with E-state index in [1.54, 1.807) is 18.6 Å². The smallest absolute Gasteiger partial charge is 0.280 e. The molecule has 1 N–H and O–H groups in total. The van der Waals surface area contributed by atoms with Crippen molar-refractivity contribution in [3.8, 4) is 16.9 Å². The van der Waals surface area contributed by atoms with Crippen LogP contribution >= 0.6 is 0 Å². The van der Waals surface area contributed by atoms with Crippen molar-refractivity contribution < 1.29 is 0 Å². The first-order valence-corrected chi connectivity index (χ1v) is 10.8. The van der Waals surface area contributed by atoms with Gasteiger partial charge >= 0.3 is 0 Å². The maximum Gasteiger partial charge on any atom is 0.280 e. The topological polar surface area (TPSA) is 82.9 Å². The molecule has 0 unspecified atom stereocenters. The summed E-state index contributed by atoms with van der Waals surface area (Å²) in [6, 6.07) is 6.35. The summed E-state index contributed by atoms with van der Waals surface area (Å²) in [5, 5.41) is 3.02. The Morgan fingerprint density at radius 1 is 1.07 bits per heavy atom. The summed E-state index contributed by atoms with van der Waals surface area (Å²) in [4.78, 5) is 30.5. The Kier molecular flexibility index (Phi) is 6.23. The van der Waals surface area contributed by atoms with Gasteiger partial charge in [-0.3, -0.25) is 19.8 Å². The summed E-state index contributed by atoms with van der Waals surface area (Å²) in [6.07, 6.45) is 10.6. The Labute approximate surface area is 176 Å². The molecule has 1 aliphatic heterocycles. The molecular weight excluding hydrogens is 378 g/mol. The number of pyridine rings is 1. The lowest BCUT2D eigenvalue weighted by Crippen LogP contribution is -2.52. The van der Waals surface area contributed by atoms with Crippen molar-refractivity contribution in [1.82, 2.24) is 29.6 Å². The fourth-order valence-corrected chi connectivity index (χ4v) is 3.97. The summed E-state index contributed by atoms with van der Waals surface area (Å²) >= 11 is 0.